The molecule has 0 aliphatic carbocycles. The minimum absolute atomic E-state index is 0.143. The summed E-state index contributed by atoms with van der Waals surface area (Å²) in [5, 5.41) is 7.03. The second-order valence-electron chi connectivity index (χ2n) is 5.86. The zero-order chi connectivity index (χ0) is 18.5. The third-order valence-corrected chi connectivity index (χ3v) is 3.96. The number of pyridine rings is 1. The summed E-state index contributed by atoms with van der Waals surface area (Å²) in [5.41, 5.74) is 1.56. The van der Waals surface area contributed by atoms with Gasteiger partial charge in [0.25, 0.3) is 0 Å². The first kappa shape index (κ1) is 16.7. The van der Waals surface area contributed by atoms with Gasteiger partial charge in [-0.05, 0) is 18.2 Å². The third kappa shape index (κ3) is 3.92. The van der Waals surface area contributed by atoms with Gasteiger partial charge < -0.3 is 9.73 Å². The molecule has 3 heterocycles. The van der Waals surface area contributed by atoms with Crippen molar-refractivity contribution in [2.45, 2.75) is 12.8 Å². The van der Waals surface area contributed by atoms with Crippen molar-refractivity contribution < 1.29 is 9.21 Å². The fourth-order valence-electron chi connectivity index (χ4n) is 2.67. The molecule has 7 nitrogen and oxygen atoms in total. The molecule has 4 rings (SSSR count). The molecule has 0 aliphatic heterocycles. The molecule has 0 radical (unpaired) electrons. The van der Waals surface area contributed by atoms with Crippen LogP contribution >= 0.6 is 0 Å². The second kappa shape index (κ2) is 7.65. The van der Waals surface area contributed by atoms with Crippen molar-refractivity contribution in [1.82, 2.24) is 19.7 Å². The Balaban J connectivity index is 1.39. The number of amides is 1. The molecule has 134 valence electrons. The Morgan fingerprint density at radius 3 is 2.74 bits per heavy atom. The highest BCUT2D eigenvalue weighted by molar-refractivity contribution is 5.92. The van der Waals surface area contributed by atoms with Gasteiger partial charge in [-0.3, -0.25) is 4.79 Å². The van der Waals surface area contributed by atoms with Crippen molar-refractivity contribution in [3.05, 3.63) is 79.2 Å². The molecule has 0 unspecified atom stereocenters. The lowest BCUT2D eigenvalue weighted by Crippen LogP contribution is -2.15. The van der Waals surface area contributed by atoms with Crippen molar-refractivity contribution >= 4 is 11.6 Å². The average Bonchev–Trinajstić information content (AvgIpc) is 3.40. The Labute approximate surface area is 155 Å². The van der Waals surface area contributed by atoms with Crippen LogP contribution in [0.4, 0.5) is 5.69 Å². The number of hydrogen-bond donors (Lipinski definition) is 1. The SMILES string of the molecule is O=C(CCc1ncc(-c2ccccc2)o1)Nc1cccnc1-n1cccn1. The van der Waals surface area contributed by atoms with E-state index in [0.717, 1.165) is 5.56 Å². The van der Waals surface area contributed by atoms with E-state index in [4.69, 9.17) is 4.42 Å². The zero-order valence-electron chi connectivity index (χ0n) is 14.4. The van der Waals surface area contributed by atoms with Gasteiger partial charge in [-0.15, -0.1) is 0 Å². The molecule has 0 fully saturated rings. The Kier molecular flexibility index (Phi) is 4.74. The van der Waals surface area contributed by atoms with Crippen LogP contribution in [-0.2, 0) is 11.2 Å². The van der Waals surface area contributed by atoms with Crippen molar-refractivity contribution in [3.63, 3.8) is 0 Å². The lowest BCUT2D eigenvalue weighted by atomic mass is 10.2. The maximum absolute atomic E-state index is 12.3. The van der Waals surface area contributed by atoms with Crippen LogP contribution in [0.1, 0.15) is 12.3 Å². The van der Waals surface area contributed by atoms with Gasteiger partial charge in [-0.25, -0.2) is 14.6 Å². The van der Waals surface area contributed by atoms with Crippen LogP contribution < -0.4 is 5.32 Å². The van der Waals surface area contributed by atoms with Crippen molar-refractivity contribution in [2.24, 2.45) is 0 Å². The van der Waals surface area contributed by atoms with E-state index in [-0.39, 0.29) is 12.3 Å². The van der Waals surface area contributed by atoms with Crippen LogP contribution in [0.25, 0.3) is 17.1 Å². The normalized spacial score (nSPS) is 10.7. The summed E-state index contributed by atoms with van der Waals surface area (Å²) in [4.78, 5) is 20.9. The Morgan fingerprint density at radius 1 is 1.04 bits per heavy atom. The van der Waals surface area contributed by atoms with E-state index in [1.165, 1.54) is 0 Å². The molecule has 1 aromatic carbocycles. The fourth-order valence-corrected chi connectivity index (χ4v) is 2.67. The highest BCUT2D eigenvalue weighted by atomic mass is 16.4. The molecule has 0 saturated carbocycles. The van der Waals surface area contributed by atoms with E-state index in [9.17, 15) is 4.79 Å². The predicted molar refractivity (Wildman–Crippen MR) is 100 cm³/mol. The first-order valence-corrected chi connectivity index (χ1v) is 8.54. The topological polar surface area (TPSA) is 85.8 Å². The van der Waals surface area contributed by atoms with Crippen LogP contribution in [0.5, 0.6) is 0 Å². The first-order valence-electron chi connectivity index (χ1n) is 8.54. The Bertz CT molecular complexity index is 1030. The number of carbonyl (C=O) groups is 1. The van der Waals surface area contributed by atoms with E-state index in [1.807, 2.05) is 30.3 Å². The zero-order valence-corrected chi connectivity index (χ0v) is 14.4. The van der Waals surface area contributed by atoms with Gasteiger partial charge in [0.15, 0.2) is 17.5 Å². The Morgan fingerprint density at radius 2 is 1.93 bits per heavy atom. The summed E-state index contributed by atoms with van der Waals surface area (Å²) in [7, 11) is 0. The van der Waals surface area contributed by atoms with Crippen LogP contribution in [0.2, 0.25) is 0 Å². The second-order valence-corrected chi connectivity index (χ2v) is 5.86. The molecule has 1 N–H and O–H groups in total. The molecular formula is C20H17N5O2. The summed E-state index contributed by atoms with van der Waals surface area (Å²) in [5.74, 6) is 1.65. The number of anilines is 1. The molecule has 0 atom stereocenters. The van der Waals surface area contributed by atoms with E-state index in [1.54, 1.807) is 47.7 Å². The van der Waals surface area contributed by atoms with E-state index >= 15 is 0 Å². The minimum atomic E-state index is -0.143. The summed E-state index contributed by atoms with van der Waals surface area (Å²) in [6, 6.07) is 15.1. The first-order chi connectivity index (χ1) is 13.3. The van der Waals surface area contributed by atoms with Crippen molar-refractivity contribution in [2.75, 3.05) is 5.32 Å². The molecule has 3 aromatic heterocycles. The van der Waals surface area contributed by atoms with Gasteiger partial charge in [0.2, 0.25) is 5.91 Å². The molecule has 27 heavy (non-hydrogen) atoms. The Hall–Kier alpha value is -3.74. The van der Waals surface area contributed by atoms with Gasteiger partial charge >= 0.3 is 0 Å². The summed E-state index contributed by atoms with van der Waals surface area (Å²) >= 11 is 0. The molecule has 0 aliphatic rings. The average molecular weight is 359 g/mol. The summed E-state index contributed by atoms with van der Waals surface area (Å²) in [6.45, 7) is 0. The number of nitrogens with zero attached hydrogens (tertiary/aromatic N) is 4. The number of benzene rings is 1. The molecule has 0 saturated heterocycles. The number of carbonyl (C=O) groups excluding carboxylic acids is 1. The van der Waals surface area contributed by atoms with Crippen LogP contribution in [0.15, 0.2) is 77.7 Å². The number of nitrogens with one attached hydrogen (secondary N) is 1. The molecule has 4 aromatic rings. The quantitative estimate of drug-likeness (QED) is 0.569. The minimum Gasteiger partial charge on any atom is -0.441 e. The standard InChI is InChI=1S/C20H17N5O2/c26-18(24-16-8-4-11-21-20(16)25-13-5-12-23-25)9-10-19-22-14-17(27-19)15-6-2-1-3-7-15/h1-8,11-14H,9-10H2,(H,24,26). The lowest BCUT2D eigenvalue weighted by molar-refractivity contribution is -0.116. The smallest absolute Gasteiger partial charge is 0.224 e. The third-order valence-electron chi connectivity index (χ3n) is 3.96. The fraction of sp³-hybridized carbons (Fsp3) is 0.100. The lowest BCUT2D eigenvalue weighted by Gasteiger charge is -2.09. The number of aryl methyl sites for hydroxylation is 1. The maximum atomic E-state index is 12.3. The van der Waals surface area contributed by atoms with E-state index in [0.29, 0.717) is 29.6 Å². The van der Waals surface area contributed by atoms with Crippen LogP contribution in [0, 0.1) is 0 Å². The maximum Gasteiger partial charge on any atom is 0.224 e. The van der Waals surface area contributed by atoms with E-state index < -0.39 is 0 Å². The largest absolute Gasteiger partial charge is 0.441 e. The molecular weight excluding hydrogens is 342 g/mol. The molecule has 7 heteroatoms. The summed E-state index contributed by atoms with van der Waals surface area (Å²) < 4.78 is 7.34. The van der Waals surface area contributed by atoms with Gasteiger partial charge in [-0.2, -0.15) is 5.10 Å². The van der Waals surface area contributed by atoms with Crippen LogP contribution in [-0.4, -0.2) is 25.7 Å². The van der Waals surface area contributed by atoms with Gasteiger partial charge in [-0.1, -0.05) is 30.3 Å². The molecule has 0 bridgehead atoms. The van der Waals surface area contributed by atoms with Gasteiger partial charge in [0.05, 0.1) is 11.9 Å². The highest BCUT2D eigenvalue weighted by Gasteiger charge is 2.12. The predicted octanol–water partition coefficient (Wildman–Crippen LogP) is 3.49. The van der Waals surface area contributed by atoms with Gasteiger partial charge in [0.1, 0.15) is 0 Å². The van der Waals surface area contributed by atoms with Crippen molar-refractivity contribution in [1.29, 1.82) is 0 Å². The van der Waals surface area contributed by atoms with Gasteiger partial charge in [0, 0.05) is 37.0 Å². The highest BCUT2D eigenvalue weighted by Crippen LogP contribution is 2.21. The number of hydrogen-bond acceptors (Lipinski definition) is 5. The number of rotatable bonds is 6. The van der Waals surface area contributed by atoms with E-state index in [2.05, 4.69) is 20.4 Å². The molecule has 0 spiro atoms. The van der Waals surface area contributed by atoms with Crippen molar-refractivity contribution in [3.8, 4) is 17.1 Å². The van der Waals surface area contributed by atoms with Crippen LogP contribution in [0.3, 0.4) is 0 Å². The summed E-state index contributed by atoms with van der Waals surface area (Å²) in [6.07, 6.45) is 7.44. The monoisotopic (exact) mass is 359 g/mol. The number of oxazole rings is 1. The molecule has 1 amide bonds. The number of aromatic nitrogens is 4.